The van der Waals surface area contributed by atoms with Crippen LogP contribution in [0.1, 0.15) is 42.7 Å². The van der Waals surface area contributed by atoms with Crippen molar-refractivity contribution in [2.45, 2.75) is 45.1 Å². The monoisotopic (exact) mass is 407 g/mol. The average molecular weight is 408 g/mol. The van der Waals surface area contributed by atoms with Gasteiger partial charge in [0.25, 0.3) is 0 Å². The van der Waals surface area contributed by atoms with Crippen LogP contribution in [0.2, 0.25) is 0 Å². The number of piperidine rings is 1. The van der Waals surface area contributed by atoms with Gasteiger partial charge in [-0.05, 0) is 55.5 Å². The minimum absolute atomic E-state index is 0.0468. The van der Waals surface area contributed by atoms with E-state index in [1.165, 1.54) is 4.70 Å². The first-order valence-electron chi connectivity index (χ1n) is 10.2. The lowest BCUT2D eigenvalue weighted by Crippen LogP contribution is -2.35. The van der Waals surface area contributed by atoms with Gasteiger partial charge in [-0.2, -0.15) is 0 Å². The van der Waals surface area contributed by atoms with Gasteiger partial charge in [0.05, 0.1) is 15.2 Å². The fourth-order valence-corrected chi connectivity index (χ4v) is 4.64. The maximum Gasteiger partial charge on any atom is 0.226 e. The zero-order valence-electron chi connectivity index (χ0n) is 16.4. The van der Waals surface area contributed by atoms with Crippen molar-refractivity contribution in [3.8, 4) is 0 Å². The van der Waals surface area contributed by atoms with Crippen LogP contribution in [0.3, 0.4) is 0 Å². The number of carbonyl (C=O) groups excluding carboxylic acids is 2. The second-order valence-corrected chi connectivity index (χ2v) is 8.49. The molecule has 150 valence electrons. The lowest BCUT2D eigenvalue weighted by atomic mass is 10.1. The number of amides is 2. The Morgan fingerprint density at radius 3 is 2.90 bits per heavy atom. The maximum atomic E-state index is 12.2. The average Bonchev–Trinajstić information content (AvgIpc) is 3.16. The molecular formula is C23H25N3O2S. The molecule has 1 aliphatic rings. The number of anilines is 1. The van der Waals surface area contributed by atoms with Gasteiger partial charge in [-0.15, -0.1) is 11.3 Å². The molecule has 0 bridgehead atoms. The summed E-state index contributed by atoms with van der Waals surface area (Å²) in [5.74, 6) is 0.234. The standard InChI is InChI=1S/C23H25N3O2S/c27-21(11-6-12-22-25-19-9-1-2-10-20(19)29-22)24-16-17-7-5-8-18(15-17)26-14-4-3-13-23(26)28/h1-2,5,7-10,15H,3-4,6,11-14,16H2,(H,24,27). The third-order valence-corrected chi connectivity index (χ3v) is 6.26. The molecule has 4 rings (SSSR count). The Kier molecular flexibility index (Phi) is 6.20. The number of hydrogen-bond donors (Lipinski definition) is 1. The van der Waals surface area contributed by atoms with E-state index in [1.807, 2.05) is 47.4 Å². The summed E-state index contributed by atoms with van der Waals surface area (Å²) in [6.07, 6.45) is 4.73. The Labute approximate surface area is 174 Å². The number of aryl methyl sites for hydroxylation is 1. The highest BCUT2D eigenvalue weighted by atomic mass is 32.1. The molecule has 0 radical (unpaired) electrons. The number of carbonyl (C=O) groups is 2. The van der Waals surface area contributed by atoms with E-state index in [4.69, 9.17) is 0 Å². The Hall–Kier alpha value is -2.73. The van der Waals surface area contributed by atoms with Crippen molar-refractivity contribution < 1.29 is 9.59 Å². The van der Waals surface area contributed by atoms with E-state index in [9.17, 15) is 9.59 Å². The molecule has 1 N–H and O–H groups in total. The molecule has 0 aliphatic carbocycles. The number of para-hydroxylation sites is 1. The van der Waals surface area contributed by atoms with E-state index in [0.717, 1.165) is 54.0 Å². The smallest absolute Gasteiger partial charge is 0.226 e. The zero-order chi connectivity index (χ0) is 20.1. The summed E-state index contributed by atoms with van der Waals surface area (Å²) >= 11 is 1.70. The third kappa shape index (κ3) is 5.01. The first-order valence-corrected chi connectivity index (χ1v) is 11.0. The second kappa shape index (κ2) is 9.18. The Bertz CT molecular complexity index is 981. The fraction of sp³-hybridized carbons (Fsp3) is 0.348. The minimum atomic E-state index is 0.0468. The SMILES string of the molecule is O=C(CCCc1nc2ccccc2s1)NCc1cccc(N2CCCCC2=O)c1. The van der Waals surface area contributed by atoms with E-state index >= 15 is 0 Å². The highest BCUT2D eigenvalue weighted by molar-refractivity contribution is 7.18. The Morgan fingerprint density at radius 2 is 2.03 bits per heavy atom. The lowest BCUT2D eigenvalue weighted by molar-refractivity contribution is -0.121. The summed E-state index contributed by atoms with van der Waals surface area (Å²) in [6, 6.07) is 16.0. The number of nitrogens with zero attached hydrogens (tertiary/aromatic N) is 2. The third-order valence-electron chi connectivity index (χ3n) is 5.17. The number of hydrogen-bond acceptors (Lipinski definition) is 4. The molecule has 2 heterocycles. The quantitative estimate of drug-likeness (QED) is 0.629. The molecule has 2 aromatic carbocycles. The minimum Gasteiger partial charge on any atom is -0.352 e. The topological polar surface area (TPSA) is 62.3 Å². The molecule has 0 spiro atoms. The van der Waals surface area contributed by atoms with Gasteiger partial charge >= 0.3 is 0 Å². The molecule has 1 aromatic heterocycles. The van der Waals surface area contributed by atoms with Crippen molar-refractivity contribution in [1.29, 1.82) is 0 Å². The van der Waals surface area contributed by atoms with E-state index in [0.29, 0.717) is 19.4 Å². The predicted octanol–water partition coefficient (Wildman–Crippen LogP) is 4.45. The van der Waals surface area contributed by atoms with Crippen molar-refractivity contribution in [3.05, 3.63) is 59.1 Å². The fourth-order valence-electron chi connectivity index (χ4n) is 3.63. The van der Waals surface area contributed by atoms with Crippen LogP contribution in [-0.2, 0) is 22.6 Å². The van der Waals surface area contributed by atoms with Gasteiger partial charge in [0.2, 0.25) is 11.8 Å². The van der Waals surface area contributed by atoms with Crippen LogP contribution in [-0.4, -0.2) is 23.3 Å². The van der Waals surface area contributed by atoms with Gasteiger partial charge in [0, 0.05) is 31.6 Å². The van der Waals surface area contributed by atoms with Crippen LogP contribution in [0.15, 0.2) is 48.5 Å². The highest BCUT2D eigenvalue weighted by Crippen LogP contribution is 2.23. The van der Waals surface area contributed by atoms with E-state index in [2.05, 4.69) is 16.4 Å². The maximum absolute atomic E-state index is 12.2. The molecule has 3 aromatic rings. The molecule has 1 saturated heterocycles. The summed E-state index contributed by atoms with van der Waals surface area (Å²) in [6.45, 7) is 1.26. The van der Waals surface area contributed by atoms with Gasteiger partial charge in [-0.1, -0.05) is 24.3 Å². The van der Waals surface area contributed by atoms with Gasteiger partial charge in [-0.25, -0.2) is 4.98 Å². The number of aromatic nitrogens is 1. The van der Waals surface area contributed by atoms with Gasteiger partial charge in [0.15, 0.2) is 0 Å². The van der Waals surface area contributed by atoms with Crippen LogP contribution in [0.25, 0.3) is 10.2 Å². The van der Waals surface area contributed by atoms with Crippen molar-refractivity contribution in [3.63, 3.8) is 0 Å². The van der Waals surface area contributed by atoms with E-state index in [-0.39, 0.29) is 11.8 Å². The molecule has 1 fully saturated rings. The Morgan fingerprint density at radius 1 is 1.14 bits per heavy atom. The van der Waals surface area contributed by atoms with E-state index < -0.39 is 0 Å². The van der Waals surface area contributed by atoms with E-state index in [1.54, 1.807) is 11.3 Å². The molecule has 1 aliphatic heterocycles. The number of thiazole rings is 1. The first kappa shape index (κ1) is 19.6. The molecule has 2 amide bonds. The summed E-state index contributed by atoms with van der Waals surface area (Å²) in [5, 5.41) is 4.08. The van der Waals surface area contributed by atoms with Crippen molar-refractivity contribution in [2.24, 2.45) is 0 Å². The molecule has 0 saturated carbocycles. The zero-order valence-corrected chi connectivity index (χ0v) is 17.2. The van der Waals surface area contributed by atoms with Crippen LogP contribution in [0.4, 0.5) is 5.69 Å². The Balaban J connectivity index is 1.25. The van der Waals surface area contributed by atoms with Crippen molar-refractivity contribution >= 4 is 39.1 Å². The van der Waals surface area contributed by atoms with Gasteiger partial charge in [-0.3, -0.25) is 9.59 Å². The predicted molar refractivity (Wildman–Crippen MR) is 117 cm³/mol. The molecule has 6 heteroatoms. The molecule has 0 unspecified atom stereocenters. The summed E-state index contributed by atoms with van der Waals surface area (Å²) in [7, 11) is 0. The summed E-state index contributed by atoms with van der Waals surface area (Å²) in [4.78, 5) is 30.8. The lowest BCUT2D eigenvalue weighted by Gasteiger charge is -2.27. The molecular weight excluding hydrogens is 382 g/mol. The summed E-state index contributed by atoms with van der Waals surface area (Å²) in [5.41, 5.74) is 2.97. The second-order valence-electron chi connectivity index (χ2n) is 7.38. The van der Waals surface area contributed by atoms with Crippen LogP contribution in [0.5, 0.6) is 0 Å². The number of rotatable bonds is 7. The first-order chi connectivity index (χ1) is 14.2. The summed E-state index contributed by atoms with van der Waals surface area (Å²) < 4.78 is 1.19. The molecule has 0 atom stereocenters. The normalized spacial score (nSPS) is 14.3. The van der Waals surface area contributed by atoms with Gasteiger partial charge < -0.3 is 10.2 Å². The number of benzene rings is 2. The number of fused-ring (bicyclic) bond motifs is 1. The van der Waals surface area contributed by atoms with Crippen LogP contribution >= 0.6 is 11.3 Å². The molecule has 29 heavy (non-hydrogen) atoms. The van der Waals surface area contributed by atoms with Crippen molar-refractivity contribution in [2.75, 3.05) is 11.4 Å². The molecule has 5 nitrogen and oxygen atoms in total. The van der Waals surface area contributed by atoms with Crippen molar-refractivity contribution in [1.82, 2.24) is 10.3 Å². The number of nitrogens with one attached hydrogen (secondary N) is 1. The van der Waals surface area contributed by atoms with Crippen LogP contribution < -0.4 is 10.2 Å². The van der Waals surface area contributed by atoms with Gasteiger partial charge in [0.1, 0.15) is 0 Å². The van der Waals surface area contributed by atoms with Crippen LogP contribution in [0, 0.1) is 0 Å². The highest BCUT2D eigenvalue weighted by Gasteiger charge is 2.19. The largest absolute Gasteiger partial charge is 0.352 e.